The molecule has 0 aliphatic heterocycles. The van der Waals surface area contributed by atoms with Crippen LogP contribution in [0.15, 0.2) is 36.5 Å². The Morgan fingerprint density at radius 2 is 2.00 bits per heavy atom. The number of rotatable bonds is 4. The fourth-order valence-corrected chi connectivity index (χ4v) is 1.96. The number of aromatic carboxylic acids is 1. The molecular weight excluding hydrogens is 257 g/mol. The summed E-state index contributed by atoms with van der Waals surface area (Å²) in [5, 5.41) is 9.38. The van der Waals surface area contributed by atoms with Gasteiger partial charge in [0.2, 0.25) is 0 Å². The minimum absolute atomic E-state index is 0.155. The Labute approximate surface area is 108 Å². The first-order valence-electron chi connectivity index (χ1n) is 5.39. The van der Waals surface area contributed by atoms with Gasteiger partial charge in [0.15, 0.2) is 0 Å². The van der Waals surface area contributed by atoms with Crippen molar-refractivity contribution in [1.82, 2.24) is 4.57 Å². The summed E-state index contributed by atoms with van der Waals surface area (Å²) in [5.74, 6) is -1.30. The number of carbonyl (C=O) groups is 1. The van der Waals surface area contributed by atoms with Crippen molar-refractivity contribution in [2.24, 2.45) is 0 Å². The van der Waals surface area contributed by atoms with E-state index in [0.29, 0.717) is 18.0 Å². The number of hydrogen-bond acceptors (Lipinski definition) is 1. The third kappa shape index (κ3) is 2.90. The Bertz CT molecular complexity index is 563. The van der Waals surface area contributed by atoms with E-state index in [1.54, 1.807) is 22.9 Å². The summed E-state index contributed by atoms with van der Waals surface area (Å²) in [6.45, 7) is 0.486. The maximum absolute atomic E-state index is 12.7. The molecule has 0 radical (unpaired) electrons. The predicted octanol–water partition coefficient (Wildman–Crippen LogP) is 3.22. The molecule has 1 N–H and O–H groups in total. The van der Waals surface area contributed by atoms with Crippen LogP contribution in [0.25, 0.3) is 0 Å². The standard InChI is InChI=1S/C13H11ClFNO2/c14-10-7-12(13(17)18)16(8-10)6-5-9-1-3-11(15)4-2-9/h1-4,7-8H,5-6H2,(H,17,18). The van der Waals surface area contributed by atoms with Crippen LogP contribution in [0.3, 0.4) is 0 Å². The molecule has 0 bridgehead atoms. The molecular formula is C13H11ClFNO2. The van der Waals surface area contributed by atoms with Crippen LogP contribution in [0.1, 0.15) is 16.1 Å². The van der Waals surface area contributed by atoms with E-state index in [1.165, 1.54) is 18.2 Å². The van der Waals surface area contributed by atoms with E-state index in [9.17, 15) is 9.18 Å². The molecule has 1 aromatic heterocycles. The van der Waals surface area contributed by atoms with Crippen LogP contribution in [0.5, 0.6) is 0 Å². The van der Waals surface area contributed by atoms with E-state index in [0.717, 1.165) is 5.56 Å². The number of carboxylic acids is 1. The van der Waals surface area contributed by atoms with E-state index < -0.39 is 5.97 Å². The largest absolute Gasteiger partial charge is 0.477 e. The molecule has 0 spiro atoms. The topological polar surface area (TPSA) is 42.2 Å². The van der Waals surface area contributed by atoms with Gasteiger partial charge in [0, 0.05) is 12.7 Å². The predicted molar refractivity (Wildman–Crippen MR) is 66.5 cm³/mol. The third-order valence-corrected chi connectivity index (χ3v) is 2.84. The molecule has 0 amide bonds. The highest BCUT2D eigenvalue weighted by molar-refractivity contribution is 6.30. The molecule has 94 valence electrons. The van der Waals surface area contributed by atoms with Crippen molar-refractivity contribution in [2.45, 2.75) is 13.0 Å². The summed E-state index contributed by atoms with van der Waals surface area (Å²) in [6.07, 6.45) is 2.19. The number of aromatic nitrogens is 1. The minimum atomic E-state index is -1.01. The van der Waals surface area contributed by atoms with Gasteiger partial charge in [0.25, 0.3) is 0 Å². The lowest BCUT2D eigenvalue weighted by molar-refractivity contribution is 0.0685. The maximum Gasteiger partial charge on any atom is 0.352 e. The lowest BCUT2D eigenvalue weighted by atomic mass is 10.1. The highest BCUT2D eigenvalue weighted by atomic mass is 35.5. The number of halogens is 2. The molecule has 2 rings (SSSR count). The van der Waals surface area contributed by atoms with Gasteiger partial charge in [0.1, 0.15) is 11.5 Å². The molecule has 3 nitrogen and oxygen atoms in total. The summed E-state index contributed by atoms with van der Waals surface area (Å²) in [4.78, 5) is 11.0. The molecule has 1 heterocycles. The van der Waals surface area contributed by atoms with Crippen molar-refractivity contribution in [3.05, 3.63) is 58.6 Å². The van der Waals surface area contributed by atoms with Crippen molar-refractivity contribution in [1.29, 1.82) is 0 Å². The first kappa shape index (κ1) is 12.6. The van der Waals surface area contributed by atoms with Crippen molar-refractivity contribution in [3.8, 4) is 0 Å². The van der Waals surface area contributed by atoms with Gasteiger partial charge in [-0.15, -0.1) is 0 Å². The lowest BCUT2D eigenvalue weighted by Crippen LogP contribution is -2.09. The molecule has 1 aromatic carbocycles. The Hall–Kier alpha value is -1.81. The van der Waals surface area contributed by atoms with Crippen molar-refractivity contribution in [2.75, 3.05) is 0 Å². The first-order valence-corrected chi connectivity index (χ1v) is 5.77. The molecule has 0 saturated heterocycles. The van der Waals surface area contributed by atoms with Gasteiger partial charge < -0.3 is 9.67 Å². The van der Waals surface area contributed by atoms with Crippen molar-refractivity contribution < 1.29 is 14.3 Å². The molecule has 5 heteroatoms. The van der Waals surface area contributed by atoms with E-state index in [1.807, 2.05) is 0 Å². The zero-order valence-corrected chi connectivity index (χ0v) is 10.2. The summed E-state index contributed by atoms with van der Waals surface area (Å²) in [7, 11) is 0. The normalized spacial score (nSPS) is 10.6. The molecule has 0 aliphatic rings. The highest BCUT2D eigenvalue weighted by Crippen LogP contribution is 2.15. The number of nitrogens with zero attached hydrogens (tertiary/aromatic N) is 1. The minimum Gasteiger partial charge on any atom is -0.477 e. The van der Waals surface area contributed by atoms with Crippen LogP contribution in [0, 0.1) is 5.82 Å². The van der Waals surface area contributed by atoms with Gasteiger partial charge in [0.05, 0.1) is 5.02 Å². The van der Waals surface area contributed by atoms with Crippen LogP contribution < -0.4 is 0 Å². The Kier molecular flexibility index (Phi) is 3.67. The van der Waals surface area contributed by atoms with E-state index in [2.05, 4.69) is 0 Å². The SMILES string of the molecule is O=C(O)c1cc(Cl)cn1CCc1ccc(F)cc1. The fourth-order valence-electron chi connectivity index (χ4n) is 1.74. The number of benzene rings is 1. The quantitative estimate of drug-likeness (QED) is 0.924. The van der Waals surface area contributed by atoms with Crippen molar-refractivity contribution in [3.63, 3.8) is 0 Å². The molecule has 18 heavy (non-hydrogen) atoms. The fraction of sp³-hybridized carbons (Fsp3) is 0.154. The van der Waals surface area contributed by atoms with Gasteiger partial charge in [-0.1, -0.05) is 23.7 Å². The molecule has 0 fully saturated rings. The maximum atomic E-state index is 12.7. The summed E-state index contributed by atoms with van der Waals surface area (Å²) in [5.41, 5.74) is 1.10. The van der Waals surface area contributed by atoms with Crippen LogP contribution in [-0.4, -0.2) is 15.6 Å². The first-order chi connectivity index (χ1) is 8.56. The molecule has 0 atom stereocenters. The molecule has 0 aliphatic carbocycles. The van der Waals surface area contributed by atoms with Crippen LogP contribution in [0.4, 0.5) is 4.39 Å². The van der Waals surface area contributed by atoms with Gasteiger partial charge in [-0.25, -0.2) is 9.18 Å². The van der Waals surface area contributed by atoms with Crippen molar-refractivity contribution >= 4 is 17.6 Å². The average molecular weight is 268 g/mol. The highest BCUT2D eigenvalue weighted by Gasteiger charge is 2.11. The molecule has 2 aromatic rings. The zero-order chi connectivity index (χ0) is 13.1. The van der Waals surface area contributed by atoms with E-state index >= 15 is 0 Å². The van der Waals surface area contributed by atoms with Gasteiger partial charge >= 0.3 is 5.97 Å². The second kappa shape index (κ2) is 5.23. The van der Waals surface area contributed by atoms with Crippen LogP contribution in [0.2, 0.25) is 5.02 Å². The van der Waals surface area contributed by atoms with E-state index in [4.69, 9.17) is 16.7 Å². The monoisotopic (exact) mass is 267 g/mol. The zero-order valence-electron chi connectivity index (χ0n) is 9.44. The van der Waals surface area contributed by atoms with Crippen LogP contribution >= 0.6 is 11.6 Å². The Morgan fingerprint density at radius 3 is 2.61 bits per heavy atom. The van der Waals surface area contributed by atoms with Gasteiger partial charge in [-0.2, -0.15) is 0 Å². The van der Waals surface area contributed by atoms with E-state index in [-0.39, 0.29) is 11.5 Å². The second-order valence-corrected chi connectivity index (χ2v) is 4.36. The summed E-state index contributed by atoms with van der Waals surface area (Å²) >= 11 is 5.78. The van der Waals surface area contributed by atoms with Gasteiger partial charge in [-0.3, -0.25) is 0 Å². The second-order valence-electron chi connectivity index (χ2n) is 3.92. The number of aryl methyl sites for hydroxylation is 2. The van der Waals surface area contributed by atoms with Gasteiger partial charge in [-0.05, 0) is 30.2 Å². The number of hydrogen-bond donors (Lipinski definition) is 1. The summed E-state index contributed by atoms with van der Waals surface area (Å²) in [6, 6.07) is 7.54. The summed E-state index contributed by atoms with van der Waals surface area (Å²) < 4.78 is 14.3. The molecule has 0 saturated carbocycles. The Morgan fingerprint density at radius 1 is 1.33 bits per heavy atom. The Balaban J connectivity index is 2.10. The third-order valence-electron chi connectivity index (χ3n) is 2.64. The lowest BCUT2D eigenvalue weighted by Gasteiger charge is -2.06. The molecule has 0 unspecified atom stereocenters. The number of carboxylic acid groups (broad SMARTS) is 1. The average Bonchev–Trinajstić information content (AvgIpc) is 2.70. The smallest absolute Gasteiger partial charge is 0.352 e. The van der Waals surface area contributed by atoms with Crippen LogP contribution in [-0.2, 0) is 13.0 Å².